The van der Waals surface area contributed by atoms with E-state index >= 15 is 0 Å². The van der Waals surface area contributed by atoms with Gasteiger partial charge in [0.1, 0.15) is 0 Å². The molecule has 0 N–H and O–H groups in total. The summed E-state index contributed by atoms with van der Waals surface area (Å²) in [5, 5.41) is 0. The van der Waals surface area contributed by atoms with Crippen molar-refractivity contribution in [3.8, 4) is 0 Å². The fourth-order valence-corrected chi connectivity index (χ4v) is 3.19. The van der Waals surface area contributed by atoms with Gasteiger partial charge in [0.2, 0.25) is 0 Å². The molecule has 3 heteroatoms. The summed E-state index contributed by atoms with van der Waals surface area (Å²) in [6.07, 6.45) is 5.68. The van der Waals surface area contributed by atoms with Crippen LogP contribution in [0.2, 0.25) is 0 Å². The van der Waals surface area contributed by atoms with Crippen molar-refractivity contribution in [1.82, 2.24) is 9.80 Å². The smallest absolute Gasteiger partial charge is 0.0748 e. The maximum atomic E-state index is 5.23. The van der Waals surface area contributed by atoms with E-state index in [-0.39, 0.29) is 0 Å². The summed E-state index contributed by atoms with van der Waals surface area (Å²) in [5.41, 5.74) is 0. The Morgan fingerprint density at radius 2 is 1.56 bits per heavy atom. The highest BCUT2D eigenvalue weighted by molar-refractivity contribution is 7.80. The number of piperazine rings is 1. The normalized spacial score (nSPS) is 32.8. The van der Waals surface area contributed by atoms with Crippen molar-refractivity contribution in [2.75, 3.05) is 26.2 Å². The number of hydrogen-bond acceptors (Lipinski definition) is 2. The second-order valence-corrected chi connectivity index (χ2v) is 6.05. The van der Waals surface area contributed by atoms with E-state index in [1.807, 2.05) is 6.92 Å². The van der Waals surface area contributed by atoms with Crippen LogP contribution in [0.15, 0.2) is 0 Å². The van der Waals surface area contributed by atoms with Crippen LogP contribution in [0.4, 0.5) is 0 Å². The van der Waals surface area contributed by atoms with Crippen LogP contribution >= 0.6 is 12.2 Å². The fraction of sp³-hybridized carbons (Fsp3) is 0.923. The van der Waals surface area contributed by atoms with Gasteiger partial charge in [0.15, 0.2) is 0 Å². The van der Waals surface area contributed by atoms with Crippen LogP contribution in [0.5, 0.6) is 0 Å². The average molecular weight is 240 g/mol. The van der Waals surface area contributed by atoms with Crippen LogP contribution in [0, 0.1) is 5.92 Å². The predicted molar refractivity (Wildman–Crippen MR) is 72.8 cm³/mol. The van der Waals surface area contributed by atoms with Crippen molar-refractivity contribution < 1.29 is 0 Å². The SMILES string of the molecule is CC(=S)N1CCN(C2CCC(C)CC2)CC1. The van der Waals surface area contributed by atoms with Gasteiger partial charge < -0.3 is 4.90 Å². The third-order valence-electron chi connectivity index (χ3n) is 4.26. The van der Waals surface area contributed by atoms with Gasteiger partial charge in [0, 0.05) is 32.2 Å². The molecule has 0 aromatic carbocycles. The van der Waals surface area contributed by atoms with Crippen molar-refractivity contribution in [2.24, 2.45) is 5.92 Å². The maximum Gasteiger partial charge on any atom is 0.0748 e. The van der Waals surface area contributed by atoms with E-state index in [2.05, 4.69) is 16.7 Å². The molecule has 0 unspecified atom stereocenters. The van der Waals surface area contributed by atoms with Crippen molar-refractivity contribution in [1.29, 1.82) is 0 Å². The van der Waals surface area contributed by atoms with Crippen LogP contribution < -0.4 is 0 Å². The van der Waals surface area contributed by atoms with Crippen molar-refractivity contribution in [3.63, 3.8) is 0 Å². The summed E-state index contributed by atoms with van der Waals surface area (Å²) in [4.78, 5) is 6.11. The zero-order valence-electron chi connectivity index (χ0n) is 10.6. The lowest BCUT2D eigenvalue weighted by Gasteiger charge is -2.42. The summed E-state index contributed by atoms with van der Waals surface area (Å²) >= 11 is 5.23. The van der Waals surface area contributed by atoms with Gasteiger partial charge in [-0.25, -0.2) is 0 Å². The summed E-state index contributed by atoms with van der Waals surface area (Å²) < 4.78 is 0. The summed E-state index contributed by atoms with van der Waals surface area (Å²) in [7, 11) is 0. The zero-order chi connectivity index (χ0) is 11.5. The van der Waals surface area contributed by atoms with Crippen molar-refractivity contribution in [2.45, 2.75) is 45.6 Å². The number of hydrogen-bond donors (Lipinski definition) is 0. The predicted octanol–water partition coefficient (Wildman–Crippen LogP) is 2.53. The van der Waals surface area contributed by atoms with Gasteiger partial charge in [0.05, 0.1) is 4.99 Å². The minimum atomic E-state index is 0.865. The van der Waals surface area contributed by atoms with Gasteiger partial charge in [-0.3, -0.25) is 4.90 Å². The average Bonchev–Trinajstić information content (AvgIpc) is 2.30. The molecule has 0 radical (unpaired) electrons. The van der Waals surface area contributed by atoms with E-state index in [0.29, 0.717) is 0 Å². The van der Waals surface area contributed by atoms with Gasteiger partial charge in [-0.15, -0.1) is 0 Å². The Bertz CT molecular complexity index is 238. The molecule has 1 saturated carbocycles. The van der Waals surface area contributed by atoms with E-state index in [0.717, 1.165) is 30.0 Å². The molecule has 2 fully saturated rings. The Morgan fingerprint density at radius 1 is 1.00 bits per heavy atom. The minimum Gasteiger partial charge on any atom is -0.364 e. The Hall–Kier alpha value is -0.150. The molecule has 0 aromatic rings. The quantitative estimate of drug-likeness (QED) is 0.650. The number of nitrogens with zero attached hydrogens (tertiary/aromatic N) is 2. The van der Waals surface area contributed by atoms with Crippen molar-refractivity contribution >= 4 is 17.2 Å². The van der Waals surface area contributed by atoms with E-state index < -0.39 is 0 Å². The minimum absolute atomic E-state index is 0.865. The lowest BCUT2D eigenvalue weighted by molar-refractivity contribution is 0.0979. The number of rotatable bonds is 1. The standard InChI is InChI=1S/C13H24N2S/c1-11-3-5-13(6-4-11)15-9-7-14(8-10-15)12(2)16/h11,13H,3-10H2,1-2H3. The Labute approximate surface area is 105 Å². The maximum absolute atomic E-state index is 5.23. The molecule has 0 bridgehead atoms. The van der Waals surface area contributed by atoms with E-state index in [4.69, 9.17) is 12.2 Å². The molecule has 2 rings (SSSR count). The highest BCUT2D eigenvalue weighted by atomic mass is 32.1. The van der Waals surface area contributed by atoms with Crippen LogP contribution in [0.25, 0.3) is 0 Å². The fourth-order valence-electron chi connectivity index (χ4n) is 3.01. The molecule has 1 saturated heterocycles. The molecular formula is C13H24N2S. The van der Waals surface area contributed by atoms with Crippen LogP contribution in [0.3, 0.4) is 0 Å². The van der Waals surface area contributed by atoms with E-state index in [9.17, 15) is 0 Å². The molecule has 2 nitrogen and oxygen atoms in total. The third-order valence-corrected chi connectivity index (χ3v) is 4.52. The molecular weight excluding hydrogens is 216 g/mol. The van der Waals surface area contributed by atoms with E-state index in [1.165, 1.54) is 38.8 Å². The first-order valence-electron chi connectivity index (χ1n) is 6.66. The Morgan fingerprint density at radius 3 is 2.06 bits per heavy atom. The molecule has 1 aliphatic carbocycles. The van der Waals surface area contributed by atoms with Gasteiger partial charge in [-0.05, 0) is 38.5 Å². The first-order chi connectivity index (χ1) is 7.66. The first kappa shape index (κ1) is 12.3. The second-order valence-electron chi connectivity index (χ2n) is 5.46. The van der Waals surface area contributed by atoms with Gasteiger partial charge >= 0.3 is 0 Å². The molecule has 0 amide bonds. The van der Waals surface area contributed by atoms with Crippen LogP contribution in [0.1, 0.15) is 39.5 Å². The lowest BCUT2D eigenvalue weighted by atomic mass is 9.86. The number of thiocarbonyl (C=S) groups is 1. The third kappa shape index (κ3) is 2.95. The van der Waals surface area contributed by atoms with Gasteiger partial charge in [-0.1, -0.05) is 19.1 Å². The molecule has 92 valence electrons. The zero-order valence-corrected chi connectivity index (χ0v) is 11.4. The lowest BCUT2D eigenvalue weighted by Crippen LogP contribution is -2.51. The van der Waals surface area contributed by atoms with Crippen molar-refractivity contribution in [3.05, 3.63) is 0 Å². The van der Waals surface area contributed by atoms with Gasteiger partial charge in [-0.2, -0.15) is 0 Å². The highest BCUT2D eigenvalue weighted by Gasteiger charge is 2.26. The van der Waals surface area contributed by atoms with E-state index in [1.54, 1.807) is 0 Å². The summed E-state index contributed by atoms with van der Waals surface area (Å²) in [5.74, 6) is 0.959. The Kier molecular flexibility index (Phi) is 4.20. The molecule has 1 aliphatic heterocycles. The summed E-state index contributed by atoms with van der Waals surface area (Å²) in [6.45, 7) is 9.15. The topological polar surface area (TPSA) is 6.48 Å². The molecule has 0 atom stereocenters. The monoisotopic (exact) mass is 240 g/mol. The second kappa shape index (κ2) is 5.46. The van der Waals surface area contributed by atoms with Gasteiger partial charge in [0.25, 0.3) is 0 Å². The molecule has 0 aromatic heterocycles. The molecule has 0 spiro atoms. The highest BCUT2D eigenvalue weighted by Crippen LogP contribution is 2.27. The molecule has 16 heavy (non-hydrogen) atoms. The molecule has 2 aliphatic rings. The first-order valence-corrected chi connectivity index (χ1v) is 7.07. The Balaban J connectivity index is 1.78. The van der Waals surface area contributed by atoms with Crippen LogP contribution in [-0.4, -0.2) is 47.0 Å². The summed E-state index contributed by atoms with van der Waals surface area (Å²) in [6, 6.07) is 0.865. The molecule has 1 heterocycles. The van der Waals surface area contributed by atoms with Crippen LogP contribution in [-0.2, 0) is 0 Å². The largest absolute Gasteiger partial charge is 0.364 e.